The predicted octanol–water partition coefficient (Wildman–Crippen LogP) is 2.84. The van der Waals surface area contributed by atoms with Gasteiger partial charge in [0, 0.05) is 0 Å². The topological polar surface area (TPSA) is 105 Å². The van der Waals surface area contributed by atoms with Crippen LogP contribution in [0.15, 0.2) is 43.0 Å². The van der Waals surface area contributed by atoms with E-state index in [9.17, 15) is 4.57 Å². The monoisotopic (exact) mass is 347 g/mol. The first-order valence-corrected chi connectivity index (χ1v) is 9.01. The summed E-state index contributed by atoms with van der Waals surface area (Å²) < 4.78 is 25.0. The number of ether oxygens (including phenoxy) is 1. The molecule has 24 heavy (non-hydrogen) atoms. The van der Waals surface area contributed by atoms with Crippen molar-refractivity contribution in [3.8, 4) is 5.75 Å². The molecule has 0 amide bonds. The van der Waals surface area contributed by atoms with E-state index in [0.29, 0.717) is 29.2 Å². The van der Waals surface area contributed by atoms with E-state index < -0.39 is 8.03 Å². The van der Waals surface area contributed by atoms with E-state index in [1.807, 2.05) is 25.1 Å². The number of fused-ring (bicyclic) bond motifs is 1. The lowest BCUT2D eigenvalue weighted by Crippen LogP contribution is -2.12. The van der Waals surface area contributed by atoms with Crippen molar-refractivity contribution in [1.82, 2.24) is 19.5 Å². The smallest absolute Gasteiger partial charge is 0.261 e. The third-order valence-electron chi connectivity index (χ3n) is 3.42. The Morgan fingerprint density at radius 2 is 2.04 bits per heavy atom. The SMILES string of the molecule is CC[C@@H](OC[PH](=O)Oc1ccccc1)n1cnc2c(N)ncnc21. The number of nitrogens with two attached hydrogens (primary N) is 1. The number of nitrogen functional groups attached to an aromatic ring is 1. The third-order valence-corrected chi connectivity index (χ3v) is 4.28. The molecule has 2 heterocycles. The summed E-state index contributed by atoms with van der Waals surface area (Å²) in [4.78, 5) is 12.3. The zero-order valence-electron chi connectivity index (χ0n) is 13.1. The van der Waals surface area contributed by atoms with Gasteiger partial charge in [-0.2, -0.15) is 0 Å². The number of imidazole rings is 1. The molecule has 2 aromatic heterocycles. The summed E-state index contributed by atoms with van der Waals surface area (Å²) in [7, 11) is -2.36. The van der Waals surface area contributed by atoms with Crippen molar-refractivity contribution >= 4 is 25.0 Å². The van der Waals surface area contributed by atoms with E-state index in [2.05, 4.69) is 15.0 Å². The van der Waals surface area contributed by atoms with Gasteiger partial charge >= 0.3 is 0 Å². The molecule has 9 heteroatoms. The Bertz CT molecular complexity index is 840. The van der Waals surface area contributed by atoms with Gasteiger partial charge in [-0.1, -0.05) is 25.1 Å². The Balaban J connectivity index is 1.68. The van der Waals surface area contributed by atoms with Crippen molar-refractivity contribution in [2.75, 3.05) is 12.1 Å². The summed E-state index contributed by atoms with van der Waals surface area (Å²) in [5.41, 5.74) is 6.89. The minimum Gasteiger partial charge on any atom is -0.443 e. The standard InChI is InChI=1S/C15H18N5O3P/c1-2-12(20-9-19-13-14(16)17-8-18-15(13)20)22-10-24(21)23-11-6-4-3-5-7-11/h3-9,12,24H,2,10H2,1H3,(H2,16,17,18)/t12-/m1/s1. The highest BCUT2D eigenvalue weighted by atomic mass is 31.1. The Morgan fingerprint density at radius 1 is 1.25 bits per heavy atom. The minimum atomic E-state index is -2.36. The number of hydrogen-bond acceptors (Lipinski definition) is 7. The molecule has 3 rings (SSSR count). The van der Waals surface area contributed by atoms with Crippen LogP contribution in [0.2, 0.25) is 0 Å². The second-order valence-electron chi connectivity index (χ2n) is 5.04. The van der Waals surface area contributed by atoms with Crippen LogP contribution in [0.4, 0.5) is 5.82 Å². The van der Waals surface area contributed by atoms with Gasteiger partial charge in [0.05, 0.1) is 6.33 Å². The fourth-order valence-electron chi connectivity index (χ4n) is 2.29. The van der Waals surface area contributed by atoms with Crippen molar-refractivity contribution < 1.29 is 13.8 Å². The minimum absolute atomic E-state index is 0.00168. The number of benzene rings is 1. The summed E-state index contributed by atoms with van der Waals surface area (Å²) in [6.45, 7) is 1.95. The summed E-state index contributed by atoms with van der Waals surface area (Å²) in [6, 6.07) is 9.02. The van der Waals surface area contributed by atoms with E-state index in [0.717, 1.165) is 0 Å². The Labute approximate surface area is 139 Å². The molecule has 0 aliphatic rings. The lowest BCUT2D eigenvalue weighted by atomic mass is 10.3. The molecule has 0 aliphatic carbocycles. The van der Waals surface area contributed by atoms with Crippen LogP contribution in [0.5, 0.6) is 5.75 Å². The van der Waals surface area contributed by atoms with Crippen LogP contribution < -0.4 is 10.3 Å². The molecule has 0 spiro atoms. The summed E-state index contributed by atoms with van der Waals surface area (Å²) >= 11 is 0. The maximum absolute atomic E-state index is 12.1. The lowest BCUT2D eigenvalue weighted by Gasteiger charge is -2.18. The molecule has 1 unspecified atom stereocenters. The second-order valence-corrected chi connectivity index (χ2v) is 6.28. The first-order chi connectivity index (χ1) is 11.7. The van der Waals surface area contributed by atoms with Gasteiger partial charge in [-0.25, -0.2) is 15.0 Å². The Hall–Kier alpha value is -2.44. The normalized spacial score (nSPS) is 13.7. The number of aromatic nitrogens is 4. The number of anilines is 1. The van der Waals surface area contributed by atoms with E-state index in [-0.39, 0.29) is 12.6 Å². The summed E-state index contributed by atoms with van der Waals surface area (Å²) in [5, 5.41) is 0. The highest BCUT2D eigenvalue weighted by molar-refractivity contribution is 7.39. The number of rotatable bonds is 7. The first-order valence-electron chi connectivity index (χ1n) is 7.49. The van der Waals surface area contributed by atoms with Crippen molar-refractivity contribution in [2.24, 2.45) is 0 Å². The number of nitrogens with zero attached hydrogens (tertiary/aromatic N) is 4. The van der Waals surface area contributed by atoms with Crippen molar-refractivity contribution in [3.05, 3.63) is 43.0 Å². The van der Waals surface area contributed by atoms with Gasteiger partial charge in [-0.3, -0.25) is 9.13 Å². The van der Waals surface area contributed by atoms with Crippen LogP contribution in [0.1, 0.15) is 19.6 Å². The van der Waals surface area contributed by atoms with E-state index in [4.69, 9.17) is 15.0 Å². The fraction of sp³-hybridized carbons (Fsp3) is 0.267. The van der Waals surface area contributed by atoms with Gasteiger partial charge in [-0.15, -0.1) is 0 Å². The molecule has 126 valence electrons. The average Bonchev–Trinajstić information content (AvgIpc) is 3.02. The molecule has 0 fully saturated rings. The molecule has 0 saturated heterocycles. The highest BCUT2D eigenvalue weighted by Gasteiger charge is 2.16. The molecule has 3 aromatic rings. The number of para-hydroxylation sites is 1. The lowest BCUT2D eigenvalue weighted by molar-refractivity contribution is 0.0281. The van der Waals surface area contributed by atoms with Crippen LogP contribution in [0.3, 0.4) is 0 Å². The largest absolute Gasteiger partial charge is 0.443 e. The highest BCUT2D eigenvalue weighted by Crippen LogP contribution is 2.29. The van der Waals surface area contributed by atoms with Crippen LogP contribution in [-0.4, -0.2) is 25.9 Å². The van der Waals surface area contributed by atoms with Gasteiger partial charge in [0.15, 0.2) is 11.5 Å². The first kappa shape index (κ1) is 16.4. The molecular weight excluding hydrogens is 329 g/mol. The molecule has 0 saturated carbocycles. The van der Waals surface area contributed by atoms with E-state index in [1.54, 1.807) is 23.0 Å². The van der Waals surface area contributed by atoms with Gasteiger partial charge in [-0.05, 0) is 18.6 Å². The van der Waals surface area contributed by atoms with Gasteiger partial charge in [0.2, 0.25) is 0 Å². The van der Waals surface area contributed by atoms with Crippen molar-refractivity contribution in [1.29, 1.82) is 0 Å². The second kappa shape index (κ2) is 7.42. The molecule has 2 N–H and O–H groups in total. The molecule has 0 aliphatic heterocycles. The maximum Gasteiger partial charge on any atom is 0.261 e. The predicted molar refractivity (Wildman–Crippen MR) is 91.1 cm³/mol. The van der Waals surface area contributed by atoms with Gasteiger partial charge in [0.25, 0.3) is 8.03 Å². The Morgan fingerprint density at radius 3 is 2.79 bits per heavy atom. The Kier molecular flexibility index (Phi) is 5.08. The van der Waals surface area contributed by atoms with Crippen LogP contribution in [0.25, 0.3) is 11.2 Å². The molecule has 8 nitrogen and oxygen atoms in total. The maximum atomic E-state index is 12.1. The van der Waals surface area contributed by atoms with Crippen LogP contribution in [-0.2, 0) is 9.30 Å². The quantitative estimate of drug-likeness (QED) is 0.655. The summed E-state index contributed by atoms with van der Waals surface area (Å²) in [6.07, 6.45) is 3.26. The molecule has 1 aromatic carbocycles. The molecule has 2 atom stereocenters. The molecule has 0 bridgehead atoms. The van der Waals surface area contributed by atoms with E-state index >= 15 is 0 Å². The van der Waals surface area contributed by atoms with Crippen LogP contribution >= 0.6 is 8.03 Å². The summed E-state index contributed by atoms with van der Waals surface area (Å²) in [5.74, 6) is 0.876. The number of hydrogen-bond donors (Lipinski definition) is 1. The molecule has 0 radical (unpaired) electrons. The molecular formula is C15H18N5O3P. The van der Waals surface area contributed by atoms with Crippen molar-refractivity contribution in [3.63, 3.8) is 0 Å². The zero-order chi connectivity index (χ0) is 16.9. The third kappa shape index (κ3) is 3.55. The van der Waals surface area contributed by atoms with Crippen molar-refractivity contribution in [2.45, 2.75) is 19.6 Å². The van der Waals surface area contributed by atoms with Gasteiger partial charge in [0.1, 0.15) is 30.2 Å². The van der Waals surface area contributed by atoms with Gasteiger partial charge < -0.3 is 15.0 Å². The van der Waals surface area contributed by atoms with Crippen LogP contribution in [0, 0.1) is 0 Å². The average molecular weight is 347 g/mol. The zero-order valence-corrected chi connectivity index (χ0v) is 14.1. The fourth-order valence-corrected chi connectivity index (χ4v) is 3.08. The van der Waals surface area contributed by atoms with E-state index in [1.165, 1.54) is 6.33 Å².